The van der Waals surface area contributed by atoms with E-state index >= 15 is 0 Å². The number of nitrogens with zero attached hydrogens (tertiary/aromatic N) is 1. The van der Waals surface area contributed by atoms with Crippen LogP contribution in [0.25, 0.3) is 0 Å². The summed E-state index contributed by atoms with van der Waals surface area (Å²) in [5, 5.41) is 19.6. The summed E-state index contributed by atoms with van der Waals surface area (Å²) < 4.78 is 5.12. The lowest BCUT2D eigenvalue weighted by Crippen LogP contribution is -2.42. The Hall–Kier alpha value is -1.26. The smallest absolute Gasteiger partial charge is 0.160 e. The first kappa shape index (κ1) is 14.2. The third kappa shape index (κ3) is 3.39. The summed E-state index contributed by atoms with van der Waals surface area (Å²) in [6.45, 7) is 0.748. The number of likely N-dealkylation sites (N-methyl/N-ethyl adjacent to an activating group) is 1. The molecular formula is C15H23NO3. The van der Waals surface area contributed by atoms with Crippen LogP contribution in [0.5, 0.6) is 11.5 Å². The number of phenolic OH excluding ortho intramolecular Hbond substituents is 1. The molecule has 0 aliphatic heterocycles. The molecule has 1 aliphatic rings. The van der Waals surface area contributed by atoms with Crippen molar-refractivity contribution < 1.29 is 14.9 Å². The number of phenols is 1. The van der Waals surface area contributed by atoms with E-state index in [9.17, 15) is 10.2 Å². The van der Waals surface area contributed by atoms with Gasteiger partial charge < -0.3 is 14.9 Å². The minimum Gasteiger partial charge on any atom is -0.504 e. The van der Waals surface area contributed by atoms with Gasteiger partial charge in [0.2, 0.25) is 0 Å². The van der Waals surface area contributed by atoms with Crippen LogP contribution in [0.1, 0.15) is 31.2 Å². The summed E-state index contributed by atoms with van der Waals surface area (Å²) in [4.78, 5) is 2.19. The molecule has 0 bridgehead atoms. The molecule has 1 fully saturated rings. The van der Waals surface area contributed by atoms with Crippen LogP contribution >= 0.6 is 0 Å². The molecule has 0 radical (unpaired) electrons. The van der Waals surface area contributed by atoms with Crippen molar-refractivity contribution in [1.29, 1.82) is 0 Å². The number of hydrogen-bond acceptors (Lipinski definition) is 4. The van der Waals surface area contributed by atoms with Gasteiger partial charge in [0.25, 0.3) is 0 Å². The summed E-state index contributed by atoms with van der Waals surface area (Å²) in [7, 11) is 3.59. The van der Waals surface area contributed by atoms with Crippen LogP contribution in [0, 0.1) is 0 Å². The number of hydrogen-bond donors (Lipinski definition) is 2. The van der Waals surface area contributed by atoms with Crippen molar-refractivity contribution in [3.63, 3.8) is 0 Å². The number of aromatic hydroxyl groups is 1. The third-order valence-corrected chi connectivity index (χ3v) is 3.94. The van der Waals surface area contributed by atoms with Gasteiger partial charge in [-0.15, -0.1) is 0 Å². The van der Waals surface area contributed by atoms with E-state index in [1.165, 1.54) is 6.42 Å². The molecule has 1 aliphatic carbocycles. The molecule has 1 saturated carbocycles. The van der Waals surface area contributed by atoms with Crippen LogP contribution in [0.4, 0.5) is 0 Å². The fourth-order valence-corrected chi connectivity index (χ4v) is 2.83. The normalized spacial score (nSPS) is 23.6. The van der Waals surface area contributed by atoms with E-state index < -0.39 is 0 Å². The first-order chi connectivity index (χ1) is 9.11. The predicted molar refractivity (Wildman–Crippen MR) is 74.4 cm³/mol. The highest BCUT2D eigenvalue weighted by molar-refractivity contribution is 5.41. The van der Waals surface area contributed by atoms with Crippen LogP contribution in [-0.4, -0.2) is 41.4 Å². The molecule has 0 amide bonds. The lowest BCUT2D eigenvalue weighted by Gasteiger charge is -2.35. The van der Waals surface area contributed by atoms with Gasteiger partial charge in [0.15, 0.2) is 11.5 Å². The summed E-state index contributed by atoms with van der Waals surface area (Å²) in [5.41, 5.74) is 1.08. The molecule has 0 aromatic heterocycles. The van der Waals surface area contributed by atoms with Gasteiger partial charge in [0.1, 0.15) is 0 Å². The van der Waals surface area contributed by atoms with Crippen LogP contribution in [0.15, 0.2) is 18.2 Å². The summed E-state index contributed by atoms with van der Waals surface area (Å²) in [6.07, 6.45) is 4.03. The topological polar surface area (TPSA) is 52.9 Å². The van der Waals surface area contributed by atoms with E-state index in [1.54, 1.807) is 13.2 Å². The number of benzene rings is 1. The molecule has 2 N–H and O–H groups in total. The molecule has 0 saturated heterocycles. The Morgan fingerprint density at radius 1 is 1.32 bits per heavy atom. The second kappa shape index (κ2) is 6.26. The molecule has 2 unspecified atom stereocenters. The first-order valence-corrected chi connectivity index (χ1v) is 6.86. The zero-order valence-corrected chi connectivity index (χ0v) is 11.7. The molecular weight excluding hydrogens is 242 g/mol. The van der Waals surface area contributed by atoms with E-state index in [0.29, 0.717) is 5.75 Å². The van der Waals surface area contributed by atoms with Crippen LogP contribution in [0.2, 0.25) is 0 Å². The van der Waals surface area contributed by atoms with Gasteiger partial charge in [0, 0.05) is 12.6 Å². The lowest BCUT2D eigenvalue weighted by molar-refractivity contribution is 0.0288. The average molecular weight is 265 g/mol. The zero-order chi connectivity index (χ0) is 13.8. The Kier molecular flexibility index (Phi) is 4.66. The Morgan fingerprint density at radius 3 is 2.74 bits per heavy atom. The molecule has 4 heteroatoms. The van der Waals surface area contributed by atoms with Crippen molar-refractivity contribution in [2.24, 2.45) is 0 Å². The largest absolute Gasteiger partial charge is 0.504 e. The minimum atomic E-state index is -0.224. The van der Waals surface area contributed by atoms with Gasteiger partial charge in [-0.05, 0) is 37.6 Å². The molecule has 1 aromatic rings. The van der Waals surface area contributed by atoms with Crippen molar-refractivity contribution in [2.45, 2.75) is 44.4 Å². The molecule has 0 spiro atoms. The van der Waals surface area contributed by atoms with Gasteiger partial charge >= 0.3 is 0 Å². The lowest BCUT2D eigenvalue weighted by atomic mass is 9.91. The van der Waals surface area contributed by atoms with Crippen molar-refractivity contribution >= 4 is 0 Å². The zero-order valence-electron chi connectivity index (χ0n) is 11.7. The Balaban J connectivity index is 2.03. The minimum absolute atomic E-state index is 0.159. The van der Waals surface area contributed by atoms with Crippen molar-refractivity contribution in [3.05, 3.63) is 23.8 Å². The highest BCUT2D eigenvalue weighted by Gasteiger charge is 2.26. The van der Waals surface area contributed by atoms with Crippen molar-refractivity contribution in [1.82, 2.24) is 4.90 Å². The number of methoxy groups -OCH3 is 1. The quantitative estimate of drug-likeness (QED) is 0.875. The highest BCUT2D eigenvalue weighted by atomic mass is 16.5. The monoisotopic (exact) mass is 265 g/mol. The van der Waals surface area contributed by atoms with E-state index in [2.05, 4.69) is 4.90 Å². The number of aliphatic hydroxyl groups excluding tert-OH is 1. The summed E-state index contributed by atoms with van der Waals surface area (Å²) in [6, 6.07) is 5.62. The average Bonchev–Trinajstić information content (AvgIpc) is 2.41. The van der Waals surface area contributed by atoms with E-state index in [-0.39, 0.29) is 17.9 Å². The van der Waals surface area contributed by atoms with E-state index in [0.717, 1.165) is 31.4 Å². The predicted octanol–water partition coefficient (Wildman–Crippen LogP) is 2.14. The first-order valence-electron chi connectivity index (χ1n) is 6.86. The van der Waals surface area contributed by atoms with Crippen LogP contribution in [0.3, 0.4) is 0 Å². The summed E-state index contributed by atoms with van der Waals surface area (Å²) >= 11 is 0. The Morgan fingerprint density at radius 2 is 2.05 bits per heavy atom. The standard InChI is InChI=1S/C15H23NO3/c1-16(12-5-3-4-6-13(12)17)10-11-7-8-14(18)15(9-11)19-2/h7-9,12-13,17-18H,3-6,10H2,1-2H3. The fourth-order valence-electron chi connectivity index (χ4n) is 2.83. The van der Waals surface area contributed by atoms with Gasteiger partial charge in [0.05, 0.1) is 13.2 Å². The Bertz CT molecular complexity index is 422. The van der Waals surface area contributed by atoms with Crippen molar-refractivity contribution in [3.8, 4) is 11.5 Å². The maximum Gasteiger partial charge on any atom is 0.160 e. The summed E-state index contributed by atoms with van der Waals surface area (Å²) in [5.74, 6) is 0.654. The number of aliphatic hydroxyl groups is 1. The Labute approximate surface area is 114 Å². The molecule has 0 heterocycles. The maximum absolute atomic E-state index is 10.1. The van der Waals surface area contributed by atoms with Crippen LogP contribution < -0.4 is 4.74 Å². The van der Waals surface area contributed by atoms with Crippen molar-refractivity contribution in [2.75, 3.05) is 14.2 Å². The van der Waals surface area contributed by atoms with Gasteiger partial charge in [-0.1, -0.05) is 18.9 Å². The third-order valence-electron chi connectivity index (χ3n) is 3.94. The molecule has 106 valence electrons. The highest BCUT2D eigenvalue weighted by Crippen LogP contribution is 2.28. The van der Waals surface area contributed by atoms with E-state index in [1.807, 2.05) is 19.2 Å². The fraction of sp³-hybridized carbons (Fsp3) is 0.600. The molecule has 19 heavy (non-hydrogen) atoms. The molecule has 4 nitrogen and oxygen atoms in total. The molecule has 1 aromatic carbocycles. The maximum atomic E-state index is 10.1. The number of ether oxygens (including phenoxy) is 1. The second-order valence-corrected chi connectivity index (χ2v) is 5.34. The molecule has 2 rings (SSSR count). The van der Waals surface area contributed by atoms with Gasteiger partial charge in [-0.25, -0.2) is 0 Å². The van der Waals surface area contributed by atoms with Gasteiger partial charge in [-0.2, -0.15) is 0 Å². The molecule has 2 atom stereocenters. The van der Waals surface area contributed by atoms with Gasteiger partial charge in [-0.3, -0.25) is 4.90 Å². The SMILES string of the molecule is COc1cc(CN(C)C2CCCCC2O)ccc1O. The van der Waals surface area contributed by atoms with Crippen LogP contribution in [-0.2, 0) is 6.54 Å². The van der Waals surface area contributed by atoms with E-state index in [4.69, 9.17) is 4.74 Å². The second-order valence-electron chi connectivity index (χ2n) is 5.34. The number of rotatable bonds is 4.